The molecule has 0 aliphatic carbocycles. The molecule has 2 aromatic heterocycles. The first-order valence-corrected chi connectivity index (χ1v) is 24.8. The van der Waals surface area contributed by atoms with Crippen molar-refractivity contribution in [3.05, 3.63) is 84.2 Å². The number of halogens is 1. The fourth-order valence-corrected chi connectivity index (χ4v) is 8.49. The number of carbonyl (C=O) groups is 4. The summed E-state index contributed by atoms with van der Waals surface area (Å²) >= 11 is 0. The second-order valence-electron chi connectivity index (χ2n) is 18.8. The normalized spacial score (nSPS) is 16.2. The number of piperazine rings is 1. The van der Waals surface area contributed by atoms with E-state index >= 15 is 0 Å². The highest BCUT2D eigenvalue weighted by Gasteiger charge is 2.40. The molecule has 6 rings (SSSR count). The summed E-state index contributed by atoms with van der Waals surface area (Å²) in [4.78, 5) is 71.1. The molecule has 4 aromatic rings. The number of likely N-dealkylation sites (tertiary alicyclic amines) is 1. The number of benzene rings is 2. The summed E-state index contributed by atoms with van der Waals surface area (Å²) in [6.45, 7) is 12.8. The molecule has 74 heavy (non-hydrogen) atoms. The van der Waals surface area contributed by atoms with Gasteiger partial charge < -0.3 is 58.9 Å². The zero-order chi connectivity index (χ0) is 53.0. The van der Waals surface area contributed by atoms with Gasteiger partial charge >= 0.3 is 0 Å². The number of nitriles is 1. The largest absolute Gasteiger partial charge is 0.496 e. The molecule has 2 aliphatic rings. The van der Waals surface area contributed by atoms with Gasteiger partial charge in [-0.1, -0.05) is 32.9 Å². The van der Waals surface area contributed by atoms with Crippen LogP contribution in [0.2, 0.25) is 0 Å². The molecule has 0 saturated carbocycles. The Labute approximate surface area is 431 Å². The molecule has 2 saturated heterocycles. The van der Waals surface area contributed by atoms with Gasteiger partial charge in [0.1, 0.15) is 23.3 Å². The van der Waals surface area contributed by atoms with Gasteiger partial charge in [0.15, 0.2) is 5.82 Å². The first-order valence-electron chi connectivity index (χ1n) is 24.8. The Morgan fingerprint density at radius 1 is 0.865 bits per heavy atom. The third kappa shape index (κ3) is 16.2. The molecule has 0 bridgehead atoms. The van der Waals surface area contributed by atoms with Crippen molar-refractivity contribution in [1.82, 2.24) is 30.1 Å². The van der Waals surface area contributed by atoms with Gasteiger partial charge in [-0.15, -0.1) is 0 Å². The van der Waals surface area contributed by atoms with Gasteiger partial charge in [0.25, 0.3) is 5.91 Å². The minimum Gasteiger partial charge on any atom is -0.496 e. The number of methoxy groups -OCH3 is 1. The molecule has 0 unspecified atom stereocenters. The van der Waals surface area contributed by atoms with Gasteiger partial charge in [-0.2, -0.15) is 5.26 Å². The molecular formula is C53H68FN9O11. The molecule has 398 valence electrons. The van der Waals surface area contributed by atoms with E-state index in [0.29, 0.717) is 114 Å². The number of carbonyl (C=O) groups excluding carboxylic acids is 4. The molecule has 21 heteroatoms. The molecule has 0 spiro atoms. The lowest BCUT2D eigenvalue weighted by Gasteiger charge is -2.37. The zero-order valence-corrected chi connectivity index (χ0v) is 42.8. The van der Waals surface area contributed by atoms with Crippen LogP contribution in [0.4, 0.5) is 15.8 Å². The quantitative estimate of drug-likeness (QED) is 0.0734. The van der Waals surface area contributed by atoms with Gasteiger partial charge in [-0.25, -0.2) is 14.4 Å². The van der Waals surface area contributed by atoms with Crippen LogP contribution >= 0.6 is 0 Å². The average Bonchev–Trinajstić information content (AvgIpc) is 3.75. The number of nitrogens with zero attached hydrogens (tertiary/aromatic N) is 7. The first kappa shape index (κ1) is 56.6. The second kappa shape index (κ2) is 28.1. The fraction of sp³-hybridized carbons (Fsp3) is 0.509. The standard InChI is InChI=1S/C53H68FN9O11/c1-36-31-39(64)35-63(36)52(68)49(53(2,3)4)60-46(65)13-21-70-23-25-72-27-29-74-30-28-73-26-24-71-22-14-47(66)62-19-17-61(18-20-62)44-32-37(40-34-56-15-11-38(40)33-55)9-10-42(44)59-51(67)43-12-16-57-50(58-43)48-41(54)7-6-8-45(48)69-5/h6-12,15-16,32,34,36,39,49,64H,13-14,17-31,35H2,1-5H3,(H,59,67)(H,60,65)/t36-,39-,49-/m1/s1. The SMILES string of the molecule is COc1cccc(F)c1-c1nccc(C(=O)Nc2ccc(-c3cnccc3C#N)cc2N2CCN(C(=O)CCOCCOCCOCCOCCOCCC(=O)N[C@H](C(=O)N3C[C@H](O)C[C@H]3C)C(C)(C)C)CC2)n1. The number of aliphatic hydroxyl groups is 1. The summed E-state index contributed by atoms with van der Waals surface area (Å²) in [7, 11) is 1.41. The van der Waals surface area contributed by atoms with Crippen LogP contribution in [0.5, 0.6) is 5.75 Å². The highest BCUT2D eigenvalue weighted by molar-refractivity contribution is 6.05. The molecular weight excluding hydrogens is 958 g/mol. The van der Waals surface area contributed by atoms with Crippen LogP contribution in [0.15, 0.2) is 67.1 Å². The molecule has 3 N–H and O–H groups in total. The van der Waals surface area contributed by atoms with E-state index in [2.05, 4.69) is 36.6 Å². The molecule has 0 radical (unpaired) electrons. The first-order chi connectivity index (χ1) is 35.7. The molecule has 4 amide bonds. The van der Waals surface area contributed by atoms with Crippen LogP contribution in [-0.2, 0) is 38.1 Å². The van der Waals surface area contributed by atoms with Crippen LogP contribution in [0.25, 0.3) is 22.5 Å². The summed E-state index contributed by atoms with van der Waals surface area (Å²) < 4.78 is 48.1. The Balaban J connectivity index is 0.843. The number of pyridine rings is 1. The number of aromatic nitrogens is 3. The third-order valence-corrected chi connectivity index (χ3v) is 12.5. The maximum atomic E-state index is 14.9. The number of β-amino-alcohol motifs (C(OH)–C–C–N with tert-alkyl or cyclic N) is 1. The van der Waals surface area contributed by atoms with Crippen molar-refractivity contribution in [1.29, 1.82) is 5.26 Å². The zero-order valence-electron chi connectivity index (χ0n) is 42.8. The van der Waals surface area contributed by atoms with Crippen LogP contribution in [0.1, 0.15) is 63.0 Å². The number of ether oxygens (including phenoxy) is 6. The molecule has 2 aromatic carbocycles. The van der Waals surface area contributed by atoms with Gasteiger partial charge in [-0.3, -0.25) is 24.2 Å². The summed E-state index contributed by atoms with van der Waals surface area (Å²) in [5.74, 6) is -1.46. The predicted molar refractivity (Wildman–Crippen MR) is 272 cm³/mol. The van der Waals surface area contributed by atoms with E-state index in [1.807, 2.05) is 33.8 Å². The van der Waals surface area contributed by atoms with E-state index in [1.165, 1.54) is 31.5 Å². The summed E-state index contributed by atoms with van der Waals surface area (Å²) in [5, 5.41) is 25.6. The van der Waals surface area contributed by atoms with Crippen LogP contribution in [0.3, 0.4) is 0 Å². The molecule has 20 nitrogen and oxygen atoms in total. The molecule has 4 heterocycles. The Bertz CT molecular complexity index is 2550. The maximum Gasteiger partial charge on any atom is 0.274 e. The summed E-state index contributed by atoms with van der Waals surface area (Å²) in [6, 6.07) is 14.2. The van der Waals surface area contributed by atoms with Crippen LogP contribution in [0, 0.1) is 22.6 Å². The van der Waals surface area contributed by atoms with E-state index in [-0.39, 0.29) is 79.2 Å². The van der Waals surface area contributed by atoms with E-state index < -0.39 is 29.3 Å². The van der Waals surface area contributed by atoms with E-state index in [9.17, 15) is 33.9 Å². The number of nitrogens with one attached hydrogen (secondary N) is 2. The molecule has 3 atom stereocenters. The van der Waals surface area contributed by atoms with E-state index in [0.717, 1.165) is 0 Å². The number of rotatable bonds is 26. The Hall–Kier alpha value is -6.67. The number of anilines is 2. The second-order valence-corrected chi connectivity index (χ2v) is 18.8. The fourth-order valence-electron chi connectivity index (χ4n) is 8.49. The van der Waals surface area contributed by atoms with Crippen molar-refractivity contribution in [2.24, 2.45) is 5.41 Å². The highest BCUT2D eigenvalue weighted by Crippen LogP contribution is 2.35. The van der Waals surface area contributed by atoms with Gasteiger partial charge in [0, 0.05) is 69.3 Å². The third-order valence-electron chi connectivity index (χ3n) is 12.5. The van der Waals surface area contributed by atoms with Crippen molar-refractivity contribution in [3.63, 3.8) is 0 Å². The van der Waals surface area contributed by atoms with Crippen molar-refractivity contribution >= 4 is 35.0 Å². The summed E-state index contributed by atoms with van der Waals surface area (Å²) in [6.07, 6.45) is 4.81. The molecule has 2 fully saturated rings. The van der Waals surface area contributed by atoms with Crippen molar-refractivity contribution in [3.8, 4) is 34.3 Å². The monoisotopic (exact) mass is 1030 g/mol. The highest BCUT2D eigenvalue weighted by atomic mass is 19.1. The average molecular weight is 1030 g/mol. The number of aliphatic hydroxyl groups excluding tert-OH is 1. The van der Waals surface area contributed by atoms with E-state index in [1.54, 1.807) is 46.5 Å². The van der Waals surface area contributed by atoms with Crippen molar-refractivity contribution in [2.45, 2.75) is 65.1 Å². The van der Waals surface area contributed by atoms with E-state index in [4.69, 9.17) is 28.4 Å². The lowest BCUT2D eigenvalue weighted by Crippen LogP contribution is -2.55. The Morgan fingerprint density at radius 3 is 2.12 bits per heavy atom. The predicted octanol–water partition coefficient (Wildman–Crippen LogP) is 4.50. The van der Waals surface area contributed by atoms with Crippen molar-refractivity contribution in [2.75, 3.05) is 116 Å². The van der Waals surface area contributed by atoms with Gasteiger partial charge in [0.05, 0.1) is 114 Å². The smallest absolute Gasteiger partial charge is 0.274 e. The summed E-state index contributed by atoms with van der Waals surface area (Å²) in [5.41, 5.74) is 2.43. The maximum absolute atomic E-state index is 14.9. The lowest BCUT2D eigenvalue weighted by molar-refractivity contribution is -0.140. The minimum absolute atomic E-state index is 0.00180. The number of hydrogen-bond donors (Lipinski definition) is 3. The van der Waals surface area contributed by atoms with Crippen LogP contribution < -0.4 is 20.3 Å². The Kier molecular flexibility index (Phi) is 21.5. The Morgan fingerprint density at radius 2 is 1.51 bits per heavy atom. The topological polar surface area (TPSA) is 240 Å². The van der Waals surface area contributed by atoms with Crippen molar-refractivity contribution < 1.29 is 57.1 Å². The molecule has 2 aliphatic heterocycles. The van der Waals surface area contributed by atoms with Gasteiger partial charge in [0.2, 0.25) is 17.7 Å². The lowest BCUT2D eigenvalue weighted by atomic mass is 9.85. The van der Waals surface area contributed by atoms with Crippen LogP contribution in [-0.4, -0.2) is 178 Å². The minimum atomic E-state index is -0.714. The number of hydrogen-bond acceptors (Lipinski definition) is 16. The number of amides is 4. The van der Waals surface area contributed by atoms with Gasteiger partial charge in [-0.05, 0) is 60.7 Å².